The lowest BCUT2D eigenvalue weighted by Crippen LogP contribution is -2.42. The van der Waals surface area contributed by atoms with Crippen molar-refractivity contribution in [3.8, 4) is 11.4 Å². The first-order valence-electron chi connectivity index (χ1n) is 9.62. The molecule has 0 fully saturated rings. The van der Waals surface area contributed by atoms with Gasteiger partial charge in [0, 0.05) is 12.2 Å². The van der Waals surface area contributed by atoms with Crippen molar-refractivity contribution in [2.24, 2.45) is 0 Å². The molecule has 31 heavy (non-hydrogen) atoms. The Kier molecular flexibility index (Phi) is 7.60. The van der Waals surface area contributed by atoms with Crippen LogP contribution in [-0.4, -0.2) is 38.5 Å². The van der Waals surface area contributed by atoms with E-state index in [2.05, 4.69) is 20.8 Å². The van der Waals surface area contributed by atoms with Gasteiger partial charge in [0.05, 0.1) is 5.25 Å². The number of carbonyl (C=O) groups is 2. The molecule has 2 aromatic carbocycles. The molecule has 1 heterocycles. The SMILES string of the molecule is CCNC(=O)NC(=O)[C@H](C)Sc1nnc(COc2ccccc2F)n1-c1ccccc1. The summed E-state index contributed by atoms with van der Waals surface area (Å²) in [6.07, 6.45) is 0. The minimum absolute atomic E-state index is 0.0249. The van der Waals surface area contributed by atoms with Crippen LogP contribution >= 0.6 is 11.8 Å². The zero-order valence-electron chi connectivity index (χ0n) is 17.0. The molecule has 162 valence electrons. The summed E-state index contributed by atoms with van der Waals surface area (Å²) in [4.78, 5) is 23.9. The number of benzene rings is 2. The predicted molar refractivity (Wildman–Crippen MR) is 115 cm³/mol. The van der Waals surface area contributed by atoms with Gasteiger partial charge in [-0.1, -0.05) is 42.1 Å². The van der Waals surface area contributed by atoms with Gasteiger partial charge in [-0.25, -0.2) is 9.18 Å². The van der Waals surface area contributed by atoms with Gasteiger partial charge < -0.3 is 10.1 Å². The Balaban J connectivity index is 1.81. The maximum absolute atomic E-state index is 13.9. The van der Waals surface area contributed by atoms with E-state index < -0.39 is 23.0 Å². The van der Waals surface area contributed by atoms with Crippen LogP contribution in [-0.2, 0) is 11.4 Å². The number of hydrogen-bond acceptors (Lipinski definition) is 6. The second-order valence-electron chi connectivity index (χ2n) is 6.40. The van der Waals surface area contributed by atoms with E-state index in [0.717, 1.165) is 17.4 Å². The molecule has 3 rings (SSSR count). The zero-order chi connectivity index (χ0) is 22.2. The Morgan fingerprint density at radius 3 is 2.55 bits per heavy atom. The molecule has 8 nitrogen and oxygen atoms in total. The molecular weight excluding hydrogens is 421 g/mol. The summed E-state index contributed by atoms with van der Waals surface area (Å²) in [5, 5.41) is 13.0. The van der Waals surface area contributed by atoms with Crippen molar-refractivity contribution in [2.45, 2.75) is 30.9 Å². The Labute approximate surface area is 183 Å². The standard InChI is InChI=1S/C21H22FN5O3S/c1-3-23-20(29)24-19(28)14(2)31-21-26-25-18(27(21)15-9-5-4-6-10-15)13-30-17-12-8-7-11-16(17)22/h4-12,14H,3,13H2,1-2H3,(H2,23,24,28,29)/t14-/m0/s1. The molecule has 1 aromatic heterocycles. The Hall–Kier alpha value is -3.40. The molecule has 1 atom stereocenters. The first-order chi connectivity index (χ1) is 15.0. The van der Waals surface area contributed by atoms with Crippen molar-refractivity contribution in [1.82, 2.24) is 25.4 Å². The number of rotatable bonds is 8. The fraction of sp³-hybridized carbons (Fsp3) is 0.238. The van der Waals surface area contributed by atoms with E-state index in [1.165, 1.54) is 12.1 Å². The van der Waals surface area contributed by atoms with Crippen LogP contribution in [0.2, 0.25) is 0 Å². The molecule has 0 radical (unpaired) electrons. The number of ether oxygens (including phenoxy) is 1. The van der Waals surface area contributed by atoms with Crippen molar-refractivity contribution in [1.29, 1.82) is 0 Å². The second-order valence-corrected chi connectivity index (χ2v) is 7.71. The summed E-state index contributed by atoms with van der Waals surface area (Å²) in [5.74, 6) is -0.386. The summed E-state index contributed by atoms with van der Waals surface area (Å²) >= 11 is 1.15. The highest BCUT2D eigenvalue weighted by atomic mass is 32.2. The van der Waals surface area contributed by atoms with Crippen LogP contribution in [0.25, 0.3) is 5.69 Å². The van der Waals surface area contributed by atoms with Crippen molar-refractivity contribution in [3.63, 3.8) is 0 Å². The van der Waals surface area contributed by atoms with Crippen LogP contribution < -0.4 is 15.4 Å². The summed E-state index contributed by atoms with van der Waals surface area (Å²) < 4.78 is 21.2. The lowest BCUT2D eigenvalue weighted by Gasteiger charge is -2.14. The van der Waals surface area contributed by atoms with Gasteiger partial charge in [-0.05, 0) is 38.1 Å². The number of nitrogens with one attached hydrogen (secondary N) is 2. The number of urea groups is 1. The third-order valence-electron chi connectivity index (χ3n) is 4.13. The van der Waals surface area contributed by atoms with E-state index in [1.807, 2.05) is 30.3 Å². The lowest BCUT2D eigenvalue weighted by atomic mass is 10.3. The maximum atomic E-state index is 13.9. The number of imide groups is 1. The molecule has 0 spiro atoms. The van der Waals surface area contributed by atoms with Crippen LogP contribution in [0.4, 0.5) is 9.18 Å². The molecule has 0 aliphatic rings. The summed E-state index contributed by atoms with van der Waals surface area (Å²) in [7, 11) is 0. The zero-order valence-corrected chi connectivity index (χ0v) is 17.9. The fourth-order valence-corrected chi connectivity index (χ4v) is 3.53. The van der Waals surface area contributed by atoms with Gasteiger partial charge in [0.2, 0.25) is 5.91 Å². The topological polar surface area (TPSA) is 98.1 Å². The van der Waals surface area contributed by atoms with Crippen LogP contribution in [0.1, 0.15) is 19.7 Å². The lowest BCUT2D eigenvalue weighted by molar-refractivity contribution is -0.119. The molecule has 10 heteroatoms. The van der Waals surface area contributed by atoms with Crippen LogP contribution in [0.3, 0.4) is 0 Å². The summed E-state index contributed by atoms with van der Waals surface area (Å²) in [5.41, 5.74) is 0.762. The molecule has 3 aromatic rings. The quantitative estimate of drug-likeness (QED) is 0.519. The van der Waals surface area contributed by atoms with Gasteiger partial charge >= 0.3 is 6.03 Å². The minimum Gasteiger partial charge on any atom is -0.483 e. The van der Waals surface area contributed by atoms with Crippen LogP contribution in [0, 0.1) is 5.82 Å². The van der Waals surface area contributed by atoms with Crippen molar-refractivity contribution < 1.29 is 18.7 Å². The van der Waals surface area contributed by atoms with Gasteiger partial charge in [-0.2, -0.15) is 0 Å². The van der Waals surface area contributed by atoms with Gasteiger partial charge in [-0.15, -0.1) is 10.2 Å². The molecule has 0 aliphatic heterocycles. The first kappa shape index (κ1) is 22.3. The number of halogens is 1. The number of carbonyl (C=O) groups excluding carboxylic acids is 2. The smallest absolute Gasteiger partial charge is 0.321 e. The molecule has 2 N–H and O–H groups in total. The molecule has 0 saturated heterocycles. The highest BCUT2D eigenvalue weighted by Gasteiger charge is 2.22. The Morgan fingerprint density at radius 2 is 1.84 bits per heavy atom. The highest BCUT2D eigenvalue weighted by Crippen LogP contribution is 2.26. The molecule has 0 bridgehead atoms. The molecule has 0 saturated carbocycles. The van der Waals surface area contributed by atoms with Crippen LogP contribution in [0.5, 0.6) is 5.75 Å². The number of aromatic nitrogens is 3. The molecule has 3 amide bonds. The van der Waals surface area contributed by atoms with E-state index in [0.29, 0.717) is 17.5 Å². The average Bonchev–Trinajstić information content (AvgIpc) is 3.16. The molecular formula is C21H22FN5O3S. The van der Waals surface area contributed by atoms with Gasteiger partial charge in [0.15, 0.2) is 22.5 Å². The van der Waals surface area contributed by atoms with E-state index >= 15 is 0 Å². The first-order valence-corrected chi connectivity index (χ1v) is 10.5. The normalized spacial score (nSPS) is 11.6. The van der Waals surface area contributed by atoms with E-state index in [-0.39, 0.29) is 12.4 Å². The maximum Gasteiger partial charge on any atom is 0.321 e. The molecule has 0 aliphatic carbocycles. The fourth-order valence-electron chi connectivity index (χ4n) is 2.64. The number of hydrogen-bond donors (Lipinski definition) is 2. The van der Waals surface area contributed by atoms with Crippen molar-refractivity contribution in [3.05, 3.63) is 66.2 Å². The van der Waals surface area contributed by atoms with Gasteiger partial charge in [0.25, 0.3) is 0 Å². The second kappa shape index (κ2) is 10.6. The monoisotopic (exact) mass is 443 g/mol. The van der Waals surface area contributed by atoms with Gasteiger partial charge in [-0.3, -0.25) is 14.7 Å². The van der Waals surface area contributed by atoms with Crippen molar-refractivity contribution >= 4 is 23.7 Å². The van der Waals surface area contributed by atoms with E-state index in [4.69, 9.17) is 4.74 Å². The number of thioether (sulfide) groups is 1. The third-order valence-corrected chi connectivity index (χ3v) is 5.18. The minimum atomic E-state index is -0.616. The average molecular weight is 444 g/mol. The van der Waals surface area contributed by atoms with E-state index in [9.17, 15) is 14.0 Å². The third kappa shape index (κ3) is 5.82. The van der Waals surface area contributed by atoms with Crippen molar-refractivity contribution in [2.75, 3.05) is 6.54 Å². The largest absolute Gasteiger partial charge is 0.483 e. The number of amides is 3. The highest BCUT2D eigenvalue weighted by molar-refractivity contribution is 8.00. The Morgan fingerprint density at radius 1 is 1.13 bits per heavy atom. The van der Waals surface area contributed by atoms with Gasteiger partial charge in [0.1, 0.15) is 6.61 Å². The van der Waals surface area contributed by atoms with Crippen LogP contribution in [0.15, 0.2) is 59.8 Å². The molecule has 0 unspecified atom stereocenters. The summed E-state index contributed by atoms with van der Waals surface area (Å²) in [6, 6.07) is 14.9. The number of nitrogens with zero attached hydrogens (tertiary/aromatic N) is 3. The summed E-state index contributed by atoms with van der Waals surface area (Å²) in [6.45, 7) is 3.81. The Bertz CT molecular complexity index is 1040. The van der Waals surface area contributed by atoms with E-state index in [1.54, 1.807) is 30.5 Å². The predicted octanol–water partition coefficient (Wildman–Crippen LogP) is 3.31. The number of para-hydroxylation sites is 2.